The van der Waals surface area contributed by atoms with Gasteiger partial charge in [-0.3, -0.25) is 0 Å². The molecule has 0 nitrogen and oxygen atoms in total. The lowest BCUT2D eigenvalue weighted by Crippen LogP contribution is -2.08. The summed E-state index contributed by atoms with van der Waals surface area (Å²) in [4.78, 5) is 0. The fraction of sp³-hybridized carbons (Fsp3) is 0.800. The molecule has 0 unspecified atom stereocenters. The summed E-state index contributed by atoms with van der Waals surface area (Å²) in [5, 5.41) is 0. The lowest BCUT2D eigenvalue weighted by Gasteiger charge is -2.19. The van der Waals surface area contributed by atoms with Crippen molar-refractivity contribution < 1.29 is 0 Å². The summed E-state index contributed by atoms with van der Waals surface area (Å²) in [5.74, 6) is 3.25. The lowest BCUT2D eigenvalue weighted by atomic mass is 9.86. The number of hydrogen-bond donors (Lipinski definition) is 0. The second-order valence-electron chi connectivity index (χ2n) is 4.16. The molecule has 2 bridgehead atoms. The Morgan fingerprint density at radius 1 is 1.20 bits per heavy atom. The highest BCUT2D eigenvalue weighted by molar-refractivity contribution is 5.24. The summed E-state index contributed by atoms with van der Waals surface area (Å²) >= 11 is 0. The van der Waals surface area contributed by atoms with Gasteiger partial charge in [0.25, 0.3) is 0 Å². The van der Waals surface area contributed by atoms with E-state index in [1.54, 1.807) is 12.8 Å². The molecule has 0 spiro atoms. The average Bonchev–Trinajstić information content (AvgIpc) is 2.60. The van der Waals surface area contributed by atoms with Gasteiger partial charge in [0, 0.05) is 0 Å². The van der Waals surface area contributed by atoms with E-state index >= 15 is 0 Å². The van der Waals surface area contributed by atoms with Crippen LogP contribution in [0.15, 0.2) is 11.6 Å². The Morgan fingerprint density at radius 2 is 2.20 bits per heavy atom. The first kappa shape index (κ1) is 5.40. The van der Waals surface area contributed by atoms with Gasteiger partial charge in [0.15, 0.2) is 0 Å². The third-order valence-corrected chi connectivity index (χ3v) is 3.80. The number of allylic oxidation sites excluding steroid dienone is 2. The third-order valence-electron chi connectivity index (χ3n) is 3.80. The average molecular weight is 134 g/mol. The van der Waals surface area contributed by atoms with Gasteiger partial charge in [-0.15, -0.1) is 0 Å². The van der Waals surface area contributed by atoms with Crippen LogP contribution in [0.1, 0.15) is 32.1 Å². The molecule has 0 aromatic carbocycles. The van der Waals surface area contributed by atoms with Gasteiger partial charge in [-0.05, 0) is 49.9 Å². The van der Waals surface area contributed by atoms with Crippen molar-refractivity contribution in [2.45, 2.75) is 32.1 Å². The largest absolute Gasteiger partial charge is 0.0847 e. The Morgan fingerprint density at radius 3 is 3.10 bits per heavy atom. The Hall–Kier alpha value is -0.260. The van der Waals surface area contributed by atoms with Crippen LogP contribution in [0.2, 0.25) is 0 Å². The Balaban J connectivity index is 2.03. The van der Waals surface area contributed by atoms with Gasteiger partial charge < -0.3 is 0 Å². The summed E-state index contributed by atoms with van der Waals surface area (Å²) in [7, 11) is 0. The van der Waals surface area contributed by atoms with E-state index in [4.69, 9.17) is 0 Å². The fourth-order valence-corrected chi connectivity index (χ4v) is 3.41. The molecule has 0 heteroatoms. The SMILES string of the molecule is C1=C2[C@@H]3CC[C@@H](C3)[C@H]2CC1. The molecule has 0 N–H and O–H groups in total. The molecule has 0 radical (unpaired) electrons. The Labute approximate surface area is 62.3 Å². The Bertz CT molecular complexity index is 190. The molecule has 3 atom stereocenters. The molecule has 10 heavy (non-hydrogen) atoms. The van der Waals surface area contributed by atoms with Crippen molar-refractivity contribution >= 4 is 0 Å². The van der Waals surface area contributed by atoms with Gasteiger partial charge in [0.05, 0.1) is 0 Å². The maximum absolute atomic E-state index is 2.54. The molecule has 0 aliphatic heterocycles. The molecule has 0 amide bonds. The van der Waals surface area contributed by atoms with Crippen LogP contribution in [0.5, 0.6) is 0 Å². The maximum Gasteiger partial charge on any atom is -0.0169 e. The highest BCUT2D eigenvalue weighted by atomic mass is 14.5. The molecule has 54 valence electrons. The highest BCUT2D eigenvalue weighted by Gasteiger charge is 2.44. The smallest absolute Gasteiger partial charge is 0.0169 e. The van der Waals surface area contributed by atoms with Crippen LogP contribution in [-0.4, -0.2) is 0 Å². The molecular formula is C10H14. The minimum absolute atomic E-state index is 1.05. The van der Waals surface area contributed by atoms with Gasteiger partial charge in [-0.1, -0.05) is 11.6 Å². The van der Waals surface area contributed by atoms with Crippen molar-refractivity contribution in [3.63, 3.8) is 0 Å². The first-order valence-electron chi connectivity index (χ1n) is 4.65. The monoisotopic (exact) mass is 134 g/mol. The van der Waals surface area contributed by atoms with Crippen LogP contribution in [0.3, 0.4) is 0 Å². The summed E-state index contributed by atoms with van der Waals surface area (Å²) < 4.78 is 0. The zero-order chi connectivity index (χ0) is 6.55. The fourth-order valence-electron chi connectivity index (χ4n) is 3.41. The van der Waals surface area contributed by atoms with Gasteiger partial charge in [0.2, 0.25) is 0 Å². The van der Waals surface area contributed by atoms with E-state index in [9.17, 15) is 0 Å². The standard InChI is InChI=1S/C10H14/c1-2-9-7-4-5-8(6-7)10(9)3-1/h2,7-8,10H,1,3-6H2/t7-,8+,10-/m1/s1. The first-order chi connectivity index (χ1) is 4.95. The van der Waals surface area contributed by atoms with E-state index in [-0.39, 0.29) is 0 Å². The lowest BCUT2D eigenvalue weighted by molar-refractivity contribution is 0.404. The highest BCUT2D eigenvalue weighted by Crippen LogP contribution is 2.55. The van der Waals surface area contributed by atoms with E-state index in [0.717, 1.165) is 17.8 Å². The van der Waals surface area contributed by atoms with Crippen LogP contribution >= 0.6 is 0 Å². The van der Waals surface area contributed by atoms with E-state index in [1.165, 1.54) is 19.3 Å². The van der Waals surface area contributed by atoms with E-state index in [1.807, 2.05) is 5.57 Å². The van der Waals surface area contributed by atoms with E-state index in [2.05, 4.69) is 6.08 Å². The summed E-state index contributed by atoms with van der Waals surface area (Å²) in [5.41, 5.74) is 1.87. The number of hydrogen-bond acceptors (Lipinski definition) is 0. The summed E-state index contributed by atoms with van der Waals surface area (Å²) in [6.07, 6.45) is 10.0. The van der Waals surface area contributed by atoms with E-state index < -0.39 is 0 Å². The van der Waals surface area contributed by atoms with Crippen LogP contribution in [0, 0.1) is 17.8 Å². The molecular weight excluding hydrogens is 120 g/mol. The number of fused-ring (bicyclic) bond motifs is 5. The van der Waals surface area contributed by atoms with Crippen molar-refractivity contribution in [2.75, 3.05) is 0 Å². The van der Waals surface area contributed by atoms with Crippen molar-refractivity contribution in [3.8, 4) is 0 Å². The molecule has 3 aliphatic rings. The summed E-state index contributed by atoms with van der Waals surface area (Å²) in [6, 6.07) is 0. The van der Waals surface area contributed by atoms with E-state index in [0.29, 0.717) is 0 Å². The quantitative estimate of drug-likeness (QED) is 0.447. The molecule has 2 fully saturated rings. The molecule has 0 heterocycles. The molecule has 0 aromatic rings. The Kier molecular flexibility index (Phi) is 0.898. The zero-order valence-corrected chi connectivity index (χ0v) is 6.34. The predicted molar refractivity (Wildman–Crippen MR) is 41.6 cm³/mol. The normalized spacial score (nSPS) is 49.6. The van der Waals surface area contributed by atoms with Gasteiger partial charge in [-0.25, -0.2) is 0 Å². The zero-order valence-electron chi connectivity index (χ0n) is 6.34. The van der Waals surface area contributed by atoms with Crippen molar-refractivity contribution in [1.82, 2.24) is 0 Å². The van der Waals surface area contributed by atoms with Crippen LogP contribution < -0.4 is 0 Å². The van der Waals surface area contributed by atoms with Crippen LogP contribution in [0.4, 0.5) is 0 Å². The van der Waals surface area contributed by atoms with Crippen LogP contribution in [0.25, 0.3) is 0 Å². The van der Waals surface area contributed by atoms with Crippen LogP contribution in [-0.2, 0) is 0 Å². The van der Waals surface area contributed by atoms with Crippen molar-refractivity contribution in [3.05, 3.63) is 11.6 Å². The van der Waals surface area contributed by atoms with Crippen molar-refractivity contribution in [2.24, 2.45) is 17.8 Å². The summed E-state index contributed by atoms with van der Waals surface area (Å²) in [6.45, 7) is 0. The second kappa shape index (κ2) is 1.66. The third kappa shape index (κ3) is 0.492. The minimum atomic E-state index is 1.05. The molecule has 3 rings (SSSR count). The number of rotatable bonds is 0. The minimum Gasteiger partial charge on any atom is -0.0847 e. The second-order valence-corrected chi connectivity index (χ2v) is 4.16. The molecule has 0 saturated heterocycles. The first-order valence-corrected chi connectivity index (χ1v) is 4.65. The van der Waals surface area contributed by atoms with Gasteiger partial charge >= 0.3 is 0 Å². The molecule has 2 saturated carbocycles. The maximum atomic E-state index is 2.54. The topological polar surface area (TPSA) is 0 Å². The van der Waals surface area contributed by atoms with Gasteiger partial charge in [-0.2, -0.15) is 0 Å². The molecule has 3 aliphatic carbocycles. The van der Waals surface area contributed by atoms with Crippen molar-refractivity contribution in [1.29, 1.82) is 0 Å². The van der Waals surface area contributed by atoms with Gasteiger partial charge in [0.1, 0.15) is 0 Å². The predicted octanol–water partition coefficient (Wildman–Crippen LogP) is 2.75. The molecule has 0 aromatic heterocycles.